The van der Waals surface area contributed by atoms with E-state index in [1.54, 1.807) is 14.2 Å². The van der Waals surface area contributed by atoms with Gasteiger partial charge in [0.2, 0.25) is 0 Å². The van der Waals surface area contributed by atoms with Gasteiger partial charge in [-0.3, -0.25) is 9.89 Å². The Balaban J connectivity index is 1.87. The van der Waals surface area contributed by atoms with Gasteiger partial charge in [-0.1, -0.05) is 30.3 Å². The molecular formula is C22H30N4O2. The molecule has 6 nitrogen and oxygen atoms in total. The van der Waals surface area contributed by atoms with Gasteiger partial charge in [-0.25, -0.2) is 0 Å². The Morgan fingerprint density at radius 2 is 1.82 bits per heavy atom. The van der Waals surface area contributed by atoms with Crippen LogP contribution in [0.2, 0.25) is 0 Å². The Morgan fingerprint density at radius 3 is 2.46 bits per heavy atom. The molecule has 0 aromatic heterocycles. The van der Waals surface area contributed by atoms with Crippen molar-refractivity contribution in [3.8, 4) is 11.5 Å². The molecule has 0 radical (unpaired) electrons. The number of rotatable bonds is 8. The first-order chi connectivity index (χ1) is 13.5. The van der Waals surface area contributed by atoms with Crippen LogP contribution in [0.5, 0.6) is 11.5 Å². The van der Waals surface area contributed by atoms with Crippen molar-refractivity contribution in [1.82, 2.24) is 9.80 Å². The summed E-state index contributed by atoms with van der Waals surface area (Å²) in [7, 11) is 7.51. The van der Waals surface area contributed by atoms with Crippen LogP contribution in [0.4, 0.5) is 5.69 Å². The molecule has 1 aliphatic rings. The molecule has 6 heteroatoms. The smallest absolute Gasteiger partial charge is 0.176 e. The number of aliphatic imine (C=N–C) groups is 1. The molecule has 28 heavy (non-hydrogen) atoms. The molecule has 0 bridgehead atoms. The standard InChI is InChI=1S/C22H30N4O2/c1-16-18-14-23-22(24-19(18)13-20(27-4)21(16)28-5)26(12-11-25(2)3)15-17-9-7-6-8-10-17/h6-10,13-14,22,24H,11-12,15H2,1-5H3. The van der Waals surface area contributed by atoms with Crippen molar-refractivity contribution in [3.05, 3.63) is 53.1 Å². The summed E-state index contributed by atoms with van der Waals surface area (Å²) < 4.78 is 11.0. The first-order valence-electron chi connectivity index (χ1n) is 9.51. The van der Waals surface area contributed by atoms with E-state index in [0.717, 1.165) is 47.9 Å². The van der Waals surface area contributed by atoms with Crippen molar-refractivity contribution >= 4 is 11.9 Å². The molecule has 0 fully saturated rings. The molecule has 2 aromatic rings. The zero-order valence-corrected chi connectivity index (χ0v) is 17.4. The molecule has 1 unspecified atom stereocenters. The van der Waals surface area contributed by atoms with Crippen molar-refractivity contribution in [2.45, 2.75) is 19.8 Å². The molecule has 1 atom stereocenters. The Morgan fingerprint density at radius 1 is 1.07 bits per heavy atom. The lowest BCUT2D eigenvalue weighted by atomic mass is 10.0. The Hall–Kier alpha value is -2.57. The summed E-state index contributed by atoms with van der Waals surface area (Å²) in [6.07, 6.45) is 1.81. The average Bonchev–Trinajstić information content (AvgIpc) is 2.71. The van der Waals surface area contributed by atoms with Crippen molar-refractivity contribution in [2.75, 3.05) is 46.7 Å². The SMILES string of the molecule is COc1cc2c(c(C)c1OC)C=NC(N(CCN(C)C)Cc1ccccc1)N2. The Kier molecular flexibility index (Phi) is 6.54. The van der Waals surface area contributed by atoms with Gasteiger partial charge < -0.3 is 19.7 Å². The predicted octanol–water partition coefficient (Wildman–Crippen LogP) is 3.20. The zero-order valence-electron chi connectivity index (χ0n) is 17.4. The lowest BCUT2D eigenvalue weighted by molar-refractivity contribution is 0.190. The quantitative estimate of drug-likeness (QED) is 0.760. The second-order valence-corrected chi connectivity index (χ2v) is 7.25. The highest BCUT2D eigenvalue weighted by atomic mass is 16.5. The van der Waals surface area contributed by atoms with Crippen molar-refractivity contribution < 1.29 is 9.47 Å². The van der Waals surface area contributed by atoms with Gasteiger partial charge in [-0.05, 0) is 26.6 Å². The maximum atomic E-state index is 5.52. The van der Waals surface area contributed by atoms with Crippen LogP contribution < -0.4 is 14.8 Å². The number of anilines is 1. The van der Waals surface area contributed by atoms with Crippen molar-refractivity contribution in [3.63, 3.8) is 0 Å². The lowest BCUT2D eigenvalue weighted by Crippen LogP contribution is -2.44. The summed E-state index contributed by atoms with van der Waals surface area (Å²) in [6, 6.07) is 12.5. The van der Waals surface area contributed by atoms with E-state index >= 15 is 0 Å². The Labute approximate surface area is 167 Å². The molecule has 2 aromatic carbocycles. The number of methoxy groups -OCH3 is 2. The van der Waals surface area contributed by atoms with Crippen molar-refractivity contribution in [1.29, 1.82) is 0 Å². The van der Waals surface area contributed by atoms with Crippen molar-refractivity contribution in [2.24, 2.45) is 4.99 Å². The van der Waals surface area contributed by atoms with E-state index in [-0.39, 0.29) is 6.29 Å². The topological polar surface area (TPSA) is 49.3 Å². The summed E-state index contributed by atoms with van der Waals surface area (Å²) in [4.78, 5) is 9.35. The molecule has 3 rings (SSSR count). The summed E-state index contributed by atoms with van der Waals surface area (Å²) >= 11 is 0. The second-order valence-electron chi connectivity index (χ2n) is 7.25. The third-order valence-corrected chi connectivity index (χ3v) is 5.00. The van der Waals surface area contributed by atoms with Gasteiger partial charge in [0.15, 0.2) is 17.8 Å². The minimum absolute atomic E-state index is 0.134. The number of hydrogen-bond donors (Lipinski definition) is 1. The molecule has 0 aliphatic carbocycles. The fourth-order valence-electron chi connectivity index (χ4n) is 3.42. The van der Waals surface area contributed by atoms with Crippen LogP contribution in [-0.4, -0.2) is 63.7 Å². The number of hydrogen-bond acceptors (Lipinski definition) is 6. The predicted molar refractivity (Wildman–Crippen MR) is 115 cm³/mol. The summed E-state index contributed by atoms with van der Waals surface area (Å²) in [5.74, 6) is 1.48. The Bertz CT molecular complexity index is 821. The highest BCUT2D eigenvalue weighted by molar-refractivity contribution is 5.93. The molecule has 0 amide bonds. The van der Waals surface area contributed by atoms with Crippen LogP contribution in [0.15, 0.2) is 41.4 Å². The number of nitrogens with one attached hydrogen (secondary N) is 1. The molecule has 1 N–H and O–H groups in total. The fraction of sp³-hybridized carbons (Fsp3) is 0.409. The average molecular weight is 383 g/mol. The van der Waals surface area contributed by atoms with Crippen LogP contribution in [0.1, 0.15) is 16.7 Å². The number of benzene rings is 2. The van der Waals surface area contributed by atoms with Crippen LogP contribution >= 0.6 is 0 Å². The van der Waals surface area contributed by atoms with E-state index in [9.17, 15) is 0 Å². The van der Waals surface area contributed by atoms with E-state index in [4.69, 9.17) is 14.5 Å². The minimum Gasteiger partial charge on any atom is -0.493 e. The van der Waals surface area contributed by atoms with E-state index in [1.807, 2.05) is 25.3 Å². The molecule has 0 saturated heterocycles. The highest BCUT2D eigenvalue weighted by Crippen LogP contribution is 2.38. The van der Waals surface area contributed by atoms with Crippen LogP contribution in [0, 0.1) is 6.92 Å². The largest absolute Gasteiger partial charge is 0.493 e. The van der Waals surface area contributed by atoms with Crippen LogP contribution in [0.25, 0.3) is 0 Å². The van der Waals surface area contributed by atoms with E-state index < -0.39 is 0 Å². The monoisotopic (exact) mass is 382 g/mol. The maximum Gasteiger partial charge on any atom is 0.176 e. The van der Waals surface area contributed by atoms with E-state index in [0.29, 0.717) is 0 Å². The number of ether oxygens (including phenoxy) is 2. The first-order valence-corrected chi connectivity index (χ1v) is 9.51. The normalized spacial score (nSPS) is 15.5. The van der Waals surface area contributed by atoms with Crippen LogP contribution in [-0.2, 0) is 6.54 Å². The molecule has 150 valence electrons. The molecular weight excluding hydrogens is 352 g/mol. The minimum atomic E-state index is -0.134. The van der Waals surface area contributed by atoms with Gasteiger partial charge in [0.05, 0.1) is 14.2 Å². The third kappa shape index (κ3) is 4.46. The number of nitrogens with zero attached hydrogens (tertiary/aromatic N) is 3. The number of fused-ring (bicyclic) bond motifs is 1. The molecule has 1 heterocycles. The summed E-state index contributed by atoms with van der Waals surface area (Å²) in [5, 5.41) is 3.58. The fourth-order valence-corrected chi connectivity index (χ4v) is 3.42. The third-order valence-electron chi connectivity index (χ3n) is 5.00. The van der Waals surface area contributed by atoms with Crippen LogP contribution in [0.3, 0.4) is 0 Å². The highest BCUT2D eigenvalue weighted by Gasteiger charge is 2.24. The second kappa shape index (κ2) is 9.08. The van der Waals surface area contributed by atoms with Gasteiger partial charge in [0, 0.05) is 48.7 Å². The zero-order chi connectivity index (χ0) is 20.1. The number of likely N-dealkylation sites (N-methyl/N-ethyl adjacent to an activating group) is 1. The summed E-state index contributed by atoms with van der Waals surface area (Å²) in [5.41, 5.74) is 4.35. The van der Waals surface area contributed by atoms with Gasteiger partial charge in [0.25, 0.3) is 0 Å². The maximum absolute atomic E-state index is 5.52. The van der Waals surface area contributed by atoms with E-state index in [1.165, 1.54) is 5.56 Å². The summed E-state index contributed by atoms with van der Waals surface area (Å²) in [6.45, 7) is 4.71. The van der Waals surface area contributed by atoms with Gasteiger partial charge in [-0.15, -0.1) is 0 Å². The van der Waals surface area contributed by atoms with E-state index in [2.05, 4.69) is 53.5 Å². The van der Waals surface area contributed by atoms with Gasteiger partial charge in [0.1, 0.15) is 0 Å². The molecule has 0 saturated carbocycles. The molecule has 0 spiro atoms. The van der Waals surface area contributed by atoms with Gasteiger partial charge in [-0.2, -0.15) is 0 Å². The van der Waals surface area contributed by atoms with Gasteiger partial charge >= 0.3 is 0 Å². The first kappa shape index (κ1) is 20.2. The molecule has 1 aliphatic heterocycles. The lowest BCUT2D eigenvalue weighted by Gasteiger charge is -2.34.